The maximum absolute atomic E-state index is 5.81. The zero-order valence-corrected chi connectivity index (χ0v) is 11.7. The number of hydrogen-bond donors (Lipinski definition) is 0. The molecular formula is C13H19N3O3. The van der Waals surface area contributed by atoms with E-state index in [9.17, 15) is 0 Å². The highest BCUT2D eigenvalue weighted by atomic mass is 16.7. The summed E-state index contributed by atoms with van der Waals surface area (Å²) >= 11 is 0. The predicted molar refractivity (Wildman–Crippen MR) is 72.1 cm³/mol. The molecule has 0 radical (unpaired) electrons. The number of fused-ring (bicyclic) bond motifs is 1. The predicted octanol–water partition coefficient (Wildman–Crippen LogP) is 1.40. The lowest BCUT2D eigenvalue weighted by Crippen LogP contribution is -2.33. The van der Waals surface area contributed by atoms with Crippen LogP contribution in [-0.2, 0) is 9.47 Å². The first-order valence-corrected chi connectivity index (χ1v) is 6.06. The lowest BCUT2D eigenvalue weighted by Gasteiger charge is -2.23. The van der Waals surface area contributed by atoms with E-state index < -0.39 is 6.29 Å². The summed E-state index contributed by atoms with van der Waals surface area (Å²) in [7, 11) is 7.12. The van der Waals surface area contributed by atoms with E-state index in [0.29, 0.717) is 11.6 Å². The third-order valence-electron chi connectivity index (χ3n) is 2.72. The minimum Gasteiger partial charge on any atom is -0.466 e. The molecule has 0 N–H and O–H groups in total. The number of likely N-dealkylation sites (N-methyl/N-ethyl adjacent to an activating group) is 1. The summed E-state index contributed by atoms with van der Waals surface area (Å²) in [6.45, 7) is 0.757. The number of aromatic nitrogens is 1. The Bertz CT molecular complexity index is 458. The Kier molecular flexibility index (Phi) is 4.47. The van der Waals surface area contributed by atoms with Crippen LogP contribution < -0.4 is 4.74 Å². The van der Waals surface area contributed by atoms with Gasteiger partial charge in [0.2, 0.25) is 12.2 Å². The van der Waals surface area contributed by atoms with Crippen molar-refractivity contribution in [3.05, 3.63) is 17.8 Å². The molecule has 19 heavy (non-hydrogen) atoms. The highest BCUT2D eigenvalue weighted by molar-refractivity contribution is 5.72. The van der Waals surface area contributed by atoms with E-state index in [0.717, 1.165) is 12.2 Å². The molecule has 0 aromatic carbocycles. The zero-order chi connectivity index (χ0) is 13.8. The van der Waals surface area contributed by atoms with Gasteiger partial charge in [-0.3, -0.25) is 4.99 Å². The first kappa shape index (κ1) is 13.9. The summed E-state index contributed by atoms with van der Waals surface area (Å²) < 4.78 is 16.2. The molecular weight excluding hydrogens is 246 g/mol. The fourth-order valence-corrected chi connectivity index (χ4v) is 1.88. The van der Waals surface area contributed by atoms with Gasteiger partial charge in [-0.25, -0.2) is 4.98 Å². The van der Waals surface area contributed by atoms with E-state index >= 15 is 0 Å². The van der Waals surface area contributed by atoms with E-state index in [-0.39, 0.29) is 6.10 Å². The molecule has 2 rings (SSSR count). The molecule has 1 aliphatic rings. The Morgan fingerprint density at radius 2 is 2.05 bits per heavy atom. The minimum absolute atomic E-state index is 0.0891. The molecule has 0 unspecified atom stereocenters. The number of rotatable bonds is 5. The van der Waals surface area contributed by atoms with Crippen LogP contribution in [0.15, 0.2) is 17.1 Å². The van der Waals surface area contributed by atoms with Crippen molar-refractivity contribution < 1.29 is 14.2 Å². The minimum atomic E-state index is -0.493. The van der Waals surface area contributed by atoms with Gasteiger partial charge in [0.15, 0.2) is 0 Å². The van der Waals surface area contributed by atoms with E-state index in [1.54, 1.807) is 20.4 Å². The molecule has 1 aromatic rings. The van der Waals surface area contributed by atoms with Crippen molar-refractivity contribution in [2.45, 2.75) is 12.4 Å². The number of nitrogens with zero attached hydrogens (tertiary/aromatic N) is 3. The Hall–Kier alpha value is -1.50. The van der Waals surface area contributed by atoms with Crippen LogP contribution in [0.4, 0.5) is 5.69 Å². The molecule has 0 aliphatic carbocycles. The third-order valence-corrected chi connectivity index (χ3v) is 2.72. The Morgan fingerprint density at radius 3 is 2.68 bits per heavy atom. The highest BCUT2D eigenvalue weighted by Gasteiger charge is 2.20. The van der Waals surface area contributed by atoms with Gasteiger partial charge in [-0.15, -0.1) is 0 Å². The summed E-state index contributed by atoms with van der Waals surface area (Å²) in [6, 6.07) is 3.68. The van der Waals surface area contributed by atoms with Crippen molar-refractivity contribution in [3.63, 3.8) is 0 Å². The van der Waals surface area contributed by atoms with E-state index in [2.05, 4.69) is 9.98 Å². The normalized spacial score (nSPS) is 17.7. The van der Waals surface area contributed by atoms with Gasteiger partial charge < -0.3 is 19.1 Å². The summed E-state index contributed by atoms with van der Waals surface area (Å²) in [5.74, 6) is 0.519. The summed E-state index contributed by atoms with van der Waals surface area (Å²) in [5, 5.41) is 0. The Morgan fingerprint density at radius 1 is 1.32 bits per heavy atom. The molecule has 0 spiro atoms. The second-order valence-electron chi connectivity index (χ2n) is 4.56. The van der Waals surface area contributed by atoms with Gasteiger partial charge in [-0.2, -0.15) is 0 Å². The molecule has 0 saturated heterocycles. The fraction of sp³-hybridized carbons (Fsp3) is 0.538. The quantitative estimate of drug-likeness (QED) is 0.753. The second kappa shape index (κ2) is 6.10. The molecule has 1 aromatic heterocycles. The summed E-state index contributed by atoms with van der Waals surface area (Å²) in [6.07, 6.45) is 1.22. The molecule has 6 nitrogen and oxygen atoms in total. The van der Waals surface area contributed by atoms with Gasteiger partial charge in [0.25, 0.3) is 0 Å². The van der Waals surface area contributed by atoms with Crippen molar-refractivity contribution in [1.82, 2.24) is 9.88 Å². The van der Waals surface area contributed by atoms with Gasteiger partial charge in [0, 0.05) is 27.0 Å². The average molecular weight is 265 g/mol. The van der Waals surface area contributed by atoms with Crippen LogP contribution in [0.2, 0.25) is 0 Å². The number of ether oxygens (including phenoxy) is 3. The Balaban J connectivity index is 2.19. The maximum atomic E-state index is 5.81. The van der Waals surface area contributed by atoms with Crippen LogP contribution in [0.25, 0.3) is 0 Å². The molecule has 2 heterocycles. The number of methoxy groups -OCH3 is 2. The topological polar surface area (TPSA) is 56.2 Å². The Labute approximate surface area is 113 Å². The maximum Gasteiger partial charge on any atom is 0.241 e. The lowest BCUT2D eigenvalue weighted by molar-refractivity contribution is -0.108. The van der Waals surface area contributed by atoms with E-state index in [1.807, 2.05) is 31.1 Å². The first-order valence-electron chi connectivity index (χ1n) is 6.06. The van der Waals surface area contributed by atoms with E-state index in [4.69, 9.17) is 14.2 Å². The SMILES string of the molecule is COC(OC)c1ccc2c(n1)O[C@@H](CN(C)C)C=N2. The molecule has 0 fully saturated rings. The monoisotopic (exact) mass is 265 g/mol. The van der Waals surface area contributed by atoms with Crippen LogP contribution in [0, 0.1) is 0 Å². The second-order valence-corrected chi connectivity index (χ2v) is 4.56. The smallest absolute Gasteiger partial charge is 0.241 e. The average Bonchev–Trinajstić information content (AvgIpc) is 2.39. The lowest BCUT2D eigenvalue weighted by atomic mass is 10.2. The van der Waals surface area contributed by atoms with Gasteiger partial charge in [0.05, 0.1) is 0 Å². The zero-order valence-electron chi connectivity index (χ0n) is 11.7. The molecule has 0 bridgehead atoms. The highest BCUT2D eigenvalue weighted by Crippen LogP contribution is 2.31. The summed E-state index contributed by atoms with van der Waals surface area (Å²) in [5.41, 5.74) is 1.40. The number of hydrogen-bond acceptors (Lipinski definition) is 6. The van der Waals surface area contributed by atoms with Crippen LogP contribution >= 0.6 is 0 Å². The van der Waals surface area contributed by atoms with Crippen molar-refractivity contribution in [2.24, 2.45) is 4.99 Å². The fourth-order valence-electron chi connectivity index (χ4n) is 1.88. The van der Waals surface area contributed by atoms with Crippen molar-refractivity contribution in [2.75, 3.05) is 34.9 Å². The molecule has 0 amide bonds. The third kappa shape index (κ3) is 3.28. The van der Waals surface area contributed by atoms with E-state index in [1.165, 1.54) is 0 Å². The van der Waals surface area contributed by atoms with Gasteiger partial charge in [0.1, 0.15) is 17.5 Å². The van der Waals surface area contributed by atoms with Gasteiger partial charge in [-0.1, -0.05) is 0 Å². The molecule has 1 atom stereocenters. The molecule has 0 saturated carbocycles. The van der Waals surface area contributed by atoms with Crippen molar-refractivity contribution in [3.8, 4) is 5.88 Å². The number of aliphatic imine (C=N–C) groups is 1. The first-order chi connectivity index (χ1) is 9.13. The van der Waals surface area contributed by atoms with Gasteiger partial charge >= 0.3 is 0 Å². The van der Waals surface area contributed by atoms with Crippen LogP contribution in [-0.4, -0.2) is 57.1 Å². The molecule has 104 valence electrons. The molecule has 1 aliphatic heterocycles. The van der Waals surface area contributed by atoms with Gasteiger partial charge in [-0.05, 0) is 26.2 Å². The largest absolute Gasteiger partial charge is 0.466 e. The van der Waals surface area contributed by atoms with Crippen LogP contribution in [0.5, 0.6) is 5.88 Å². The van der Waals surface area contributed by atoms with Crippen LogP contribution in [0.3, 0.4) is 0 Å². The molecule has 6 heteroatoms. The van der Waals surface area contributed by atoms with Crippen LogP contribution in [0.1, 0.15) is 12.0 Å². The van der Waals surface area contributed by atoms with Crippen molar-refractivity contribution in [1.29, 1.82) is 0 Å². The standard InChI is InChI=1S/C13H19N3O3/c1-16(2)8-9-7-14-10-5-6-11(13(17-3)18-4)15-12(10)19-9/h5-7,9,13H,8H2,1-4H3/t9-/m1/s1. The number of pyridine rings is 1. The van der Waals surface area contributed by atoms with Crippen molar-refractivity contribution >= 4 is 11.9 Å². The summed E-state index contributed by atoms with van der Waals surface area (Å²) in [4.78, 5) is 10.8.